The Morgan fingerprint density at radius 1 is 1.43 bits per heavy atom. The van der Waals surface area contributed by atoms with Crippen molar-refractivity contribution in [3.8, 4) is 5.75 Å². The van der Waals surface area contributed by atoms with Crippen molar-refractivity contribution in [2.45, 2.75) is 58.6 Å². The molecule has 116 valence electrons. The largest absolute Gasteiger partial charge is 0.487 e. The highest BCUT2D eigenvalue weighted by Gasteiger charge is 2.31. The lowest BCUT2D eigenvalue weighted by Crippen LogP contribution is -2.27. The van der Waals surface area contributed by atoms with Gasteiger partial charge in [0.2, 0.25) is 5.91 Å². The first-order valence-electron chi connectivity index (χ1n) is 7.44. The van der Waals surface area contributed by atoms with E-state index in [0.29, 0.717) is 6.42 Å². The molecule has 0 aromatic heterocycles. The number of primary amides is 1. The minimum atomic E-state index is -0.281. The van der Waals surface area contributed by atoms with E-state index in [1.807, 2.05) is 26.0 Å². The average molecular weight is 290 g/mol. The maximum Gasteiger partial charge on any atom is 0.217 e. The average Bonchev–Trinajstić information content (AvgIpc) is 2.58. The maximum atomic E-state index is 11.1. The summed E-state index contributed by atoms with van der Waals surface area (Å²) in [5.41, 5.74) is 13.6. The van der Waals surface area contributed by atoms with Gasteiger partial charge >= 0.3 is 0 Å². The summed E-state index contributed by atoms with van der Waals surface area (Å²) < 4.78 is 5.88. The quantitative estimate of drug-likeness (QED) is 0.875. The number of amides is 1. The first kappa shape index (κ1) is 15.8. The third kappa shape index (κ3) is 3.97. The molecule has 0 aliphatic carbocycles. The molecule has 4 heteroatoms. The van der Waals surface area contributed by atoms with Gasteiger partial charge in [0.05, 0.1) is 0 Å². The molecule has 1 heterocycles. The molecule has 1 aromatic rings. The van der Waals surface area contributed by atoms with Crippen LogP contribution >= 0.6 is 0 Å². The number of hydrogen-bond donors (Lipinski definition) is 2. The van der Waals surface area contributed by atoms with Crippen LogP contribution in [-0.4, -0.2) is 11.5 Å². The van der Waals surface area contributed by atoms with Crippen molar-refractivity contribution in [2.24, 2.45) is 16.9 Å². The molecule has 0 bridgehead atoms. The maximum absolute atomic E-state index is 11.1. The van der Waals surface area contributed by atoms with Gasteiger partial charge in [-0.15, -0.1) is 0 Å². The zero-order valence-corrected chi connectivity index (χ0v) is 13.4. The van der Waals surface area contributed by atoms with Gasteiger partial charge in [0, 0.05) is 18.9 Å². The number of fused-ring (bicyclic) bond motifs is 1. The van der Waals surface area contributed by atoms with Crippen LogP contribution in [0, 0.1) is 5.41 Å². The Morgan fingerprint density at radius 2 is 2.10 bits per heavy atom. The SMILES string of the molecule is CC(C)(CC(N)=O)CC(N)c1ccc2c(c1)CC(C)(C)O2. The first-order chi connectivity index (χ1) is 9.58. The van der Waals surface area contributed by atoms with Gasteiger partial charge in [0.15, 0.2) is 0 Å². The number of carbonyl (C=O) groups is 1. The minimum Gasteiger partial charge on any atom is -0.487 e. The van der Waals surface area contributed by atoms with E-state index in [9.17, 15) is 4.79 Å². The van der Waals surface area contributed by atoms with Gasteiger partial charge in [0.25, 0.3) is 0 Å². The predicted octanol–water partition coefficient (Wildman–Crippen LogP) is 2.69. The summed E-state index contributed by atoms with van der Waals surface area (Å²) in [6.07, 6.45) is 1.97. The van der Waals surface area contributed by atoms with Gasteiger partial charge in [-0.05, 0) is 42.9 Å². The highest BCUT2D eigenvalue weighted by Crippen LogP contribution is 2.38. The minimum absolute atomic E-state index is 0.103. The molecule has 0 radical (unpaired) electrons. The van der Waals surface area contributed by atoms with Gasteiger partial charge in [-0.25, -0.2) is 0 Å². The van der Waals surface area contributed by atoms with E-state index in [0.717, 1.165) is 24.2 Å². The lowest BCUT2D eigenvalue weighted by molar-refractivity contribution is -0.120. The second kappa shape index (κ2) is 5.34. The van der Waals surface area contributed by atoms with Crippen LogP contribution in [0.5, 0.6) is 5.75 Å². The van der Waals surface area contributed by atoms with E-state index in [2.05, 4.69) is 19.9 Å². The van der Waals surface area contributed by atoms with Gasteiger partial charge in [-0.1, -0.05) is 26.0 Å². The Kier molecular flexibility index (Phi) is 4.02. The lowest BCUT2D eigenvalue weighted by Gasteiger charge is -2.27. The molecule has 1 amide bonds. The molecular weight excluding hydrogens is 264 g/mol. The number of carbonyl (C=O) groups excluding carboxylic acids is 1. The summed E-state index contributed by atoms with van der Waals surface area (Å²) in [5, 5.41) is 0. The van der Waals surface area contributed by atoms with Crippen LogP contribution in [0.15, 0.2) is 18.2 Å². The van der Waals surface area contributed by atoms with Gasteiger partial charge in [0.1, 0.15) is 11.4 Å². The summed E-state index contributed by atoms with van der Waals surface area (Å²) >= 11 is 0. The predicted molar refractivity (Wildman–Crippen MR) is 84.0 cm³/mol. The van der Waals surface area contributed by atoms with Crippen LogP contribution in [0.2, 0.25) is 0 Å². The van der Waals surface area contributed by atoms with Crippen molar-refractivity contribution >= 4 is 5.91 Å². The van der Waals surface area contributed by atoms with E-state index in [1.165, 1.54) is 5.56 Å². The molecule has 0 fully saturated rings. The third-order valence-corrected chi connectivity index (χ3v) is 3.94. The fraction of sp³-hybridized carbons (Fsp3) is 0.588. The molecule has 2 rings (SSSR count). The second-order valence-electron chi connectivity index (χ2n) is 7.52. The summed E-state index contributed by atoms with van der Waals surface area (Å²) in [6, 6.07) is 6.05. The summed E-state index contributed by atoms with van der Waals surface area (Å²) in [6.45, 7) is 8.22. The molecule has 0 saturated heterocycles. The van der Waals surface area contributed by atoms with Crippen molar-refractivity contribution in [2.75, 3.05) is 0 Å². The van der Waals surface area contributed by atoms with E-state index in [-0.39, 0.29) is 23.0 Å². The second-order valence-corrected chi connectivity index (χ2v) is 7.52. The zero-order chi connectivity index (χ0) is 15.8. The van der Waals surface area contributed by atoms with Crippen LogP contribution < -0.4 is 16.2 Å². The fourth-order valence-corrected chi connectivity index (χ4v) is 3.12. The highest BCUT2D eigenvalue weighted by molar-refractivity contribution is 5.74. The standard InChI is InChI=1S/C17H26N2O2/c1-16(2,10-15(19)20)9-13(18)11-5-6-14-12(7-11)8-17(3,4)21-14/h5-7,13H,8-10,18H2,1-4H3,(H2,19,20). The van der Waals surface area contributed by atoms with Gasteiger partial charge < -0.3 is 16.2 Å². The molecule has 1 atom stereocenters. The normalized spacial score (nSPS) is 18.0. The van der Waals surface area contributed by atoms with E-state index >= 15 is 0 Å². The van der Waals surface area contributed by atoms with Crippen LogP contribution in [0.1, 0.15) is 57.7 Å². The Balaban J connectivity index is 2.11. The van der Waals surface area contributed by atoms with E-state index in [4.69, 9.17) is 16.2 Å². The van der Waals surface area contributed by atoms with Crippen LogP contribution in [0.3, 0.4) is 0 Å². The van der Waals surface area contributed by atoms with E-state index in [1.54, 1.807) is 0 Å². The van der Waals surface area contributed by atoms with Crippen LogP contribution in [0.25, 0.3) is 0 Å². The van der Waals surface area contributed by atoms with Gasteiger partial charge in [-0.3, -0.25) is 4.79 Å². The number of hydrogen-bond acceptors (Lipinski definition) is 3. The molecule has 21 heavy (non-hydrogen) atoms. The lowest BCUT2D eigenvalue weighted by atomic mass is 9.80. The monoisotopic (exact) mass is 290 g/mol. The number of nitrogens with two attached hydrogens (primary N) is 2. The summed E-state index contributed by atoms with van der Waals surface area (Å²) in [7, 11) is 0. The molecule has 1 aliphatic rings. The molecule has 0 spiro atoms. The zero-order valence-electron chi connectivity index (χ0n) is 13.4. The molecule has 1 aromatic carbocycles. The smallest absolute Gasteiger partial charge is 0.217 e. The molecule has 1 unspecified atom stereocenters. The number of rotatable bonds is 5. The fourth-order valence-electron chi connectivity index (χ4n) is 3.12. The molecular formula is C17H26N2O2. The Hall–Kier alpha value is -1.55. The molecule has 4 nitrogen and oxygen atoms in total. The molecule has 4 N–H and O–H groups in total. The summed E-state index contributed by atoms with van der Waals surface area (Å²) in [5.74, 6) is 0.670. The Morgan fingerprint density at radius 3 is 2.71 bits per heavy atom. The van der Waals surface area contributed by atoms with Crippen LogP contribution in [-0.2, 0) is 11.2 Å². The van der Waals surface area contributed by atoms with Gasteiger partial charge in [-0.2, -0.15) is 0 Å². The van der Waals surface area contributed by atoms with Crippen LogP contribution in [0.4, 0.5) is 0 Å². The topological polar surface area (TPSA) is 78.3 Å². The van der Waals surface area contributed by atoms with Crippen molar-refractivity contribution in [3.63, 3.8) is 0 Å². The van der Waals surface area contributed by atoms with Crippen molar-refractivity contribution in [1.29, 1.82) is 0 Å². The van der Waals surface area contributed by atoms with Crippen molar-refractivity contribution in [1.82, 2.24) is 0 Å². The number of ether oxygens (including phenoxy) is 1. The summed E-state index contributed by atoms with van der Waals surface area (Å²) in [4.78, 5) is 11.1. The van der Waals surface area contributed by atoms with E-state index < -0.39 is 0 Å². The Bertz CT molecular complexity index is 550. The number of benzene rings is 1. The van der Waals surface area contributed by atoms with Crippen molar-refractivity contribution < 1.29 is 9.53 Å². The molecule has 1 aliphatic heterocycles. The highest BCUT2D eigenvalue weighted by atomic mass is 16.5. The Labute approximate surface area is 126 Å². The van der Waals surface area contributed by atoms with Crippen molar-refractivity contribution in [3.05, 3.63) is 29.3 Å². The molecule has 0 saturated carbocycles. The first-order valence-corrected chi connectivity index (χ1v) is 7.44. The third-order valence-electron chi connectivity index (χ3n) is 3.94.